The number of alkyl halides is 3. The van der Waals surface area contributed by atoms with E-state index in [1.165, 1.54) is 31.6 Å². The summed E-state index contributed by atoms with van der Waals surface area (Å²) >= 11 is 0. The molecule has 244 valence electrons. The van der Waals surface area contributed by atoms with Crippen LogP contribution in [0.15, 0.2) is 60.9 Å². The quantitative estimate of drug-likeness (QED) is 0.191. The van der Waals surface area contributed by atoms with Gasteiger partial charge in [0.1, 0.15) is 29.4 Å². The first-order valence-corrected chi connectivity index (χ1v) is 14.8. The topological polar surface area (TPSA) is 145 Å². The van der Waals surface area contributed by atoms with Crippen LogP contribution in [0, 0.1) is 5.82 Å². The van der Waals surface area contributed by atoms with E-state index in [1.54, 1.807) is 4.68 Å². The minimum Gasteiger partial charge on any atom is -0.496 e. The fourth-order valence-electron chi connectivity index (χ4n) is 6.12. The molecular weight excluding hydrogens is 618 g/mol. The number of hydrogen-bond acceptors (Lipinski definition) is 8. The van der Waals surface area contributed by atoms with Crippen LogP contribution in [0.2, 0.25) is 0 Å². The van der Waals surface area contributed by atoms with Gasteiger partial charge in [-0.3, -0.25) is 9.69 Å². The molecule has 0 radical (unpaired) electrons. The van der Waals surface area contributed by atoms with Crippen LogP contribution in [0.4, 0.5) is 23.4 Å². The van der Waals surface area contributed by atoms with Crippen LogP contribution in [0.3, 0.4) is 0 Å². The molecule has 1 saturated heterocycles. The van der Waals surface area contributed by atoms with Gasteiger partial charge in [0.05, 0.1) is 35.9 Å². The number of carbonyl (C=O) groups is 1. The van der Waals surface area contributed by atoms with E-state index in [0.29, 0.717) is 46.7 Å². The molecule has 14 heteroatoms. The molecule has 1 unspecified atom stereocenters. The molecule has 1 aliphatic heterocycles. The van der Waals surface area contributed by atoms with Gasteiger partial charge < -0.3 is 21.3 Å². The summed E-state index contributed by atoms with van der Waals surface area (Å²) in [4.78, 5) is 22.6. The molecule has 1 fully saturated rings. The number of aromatic nitrogens is 4. The van der Waals surface area contributed by atoms with Gasteiger partial charge in [0.15, 0.2) is 5.65 Å². The van der Waals surface area contributed by atoms with Gasteiger partial charge in [0.25, 0.3) is 5.91 Å². The molecule has 3 heterocycles. The Hall–Kier alpha value is -5.08. The predicted octanol–water partition coefficient (Wildman–Crippen LogP) is 5.34. The monoisotopic (exact) mass is 649 g/mol. The molecule has 5 aromatic rings. The fraction of sp³-hybridized carbons (Fsp3) is 0.273. The number of nitrogens with zero attached hydrogens (tertiary/aromatic N) is 5. The minimum atomic E-state index is -4.94. The van der Waals surface area contributed by atoms with Crippen LogP contribution in [0.1, 0.15) is 40.7 Å². The molecule has 6 rings (SSSR count). The third-order valence-corrected chi connectivity index (χ3v) is 8.48. The SMILES string of the molecule is COc1cc(-c2nn(-c3ccc(CN4CCCCC4CO)cc3)c3ncnc(N)c23)ccc1-c1c(C(F)(F)F)ccc(C(N)=O)c1F. The minimum absolute atomic E-state index is 0.116. The zero-order chi connectivity index (χ0) is 33.5. The van der Waals surface area contributed by atoms with Gasteiger partial charge in [-0.2, -0.15) is 18.3 Å². The van der Waals surface area contributed by atoms with Gasteiger partial charge in [0.2, 0.25) is 0 Å². The fourth-order valence-corrected chi connectivity index (χ4v) is 6.12. The van der Waals surface area contributed by atoms with Crippen LogP contribution >= 0.6 is 0 Å². The number of rotatable bonds is 8. The second-order valence-corrected chi connectivity index (χ2v) is 11.3. The van der Waals surface area contributed by atoms with E-state index < -0.39 is 34.6 Å². The number of nitrogen functional groups attached to an aromatic ring is 1. The van der Waals surface area contributed by atoms with E-state index in [0.717, 1.165) is 31.4 Å². The molecule has 1 aliphatic rings. The first-order chi connectivity index (χ1) is 22.5. The number of aliphatic hydroxyl groups excluding tert-OH is 1. The van der Waals surface area contributed by atoms with Crippen LogP contribution in [0.25, 0.3) is 39.1 Å². The van der Waals surface area contributed by atoms with E-state index in [2.05, 4.69) is 14.9 Å². The lowest BCUT2D eigenvalue weighted by Gasteiger charge is -2.34. The molecule has 0 saturated carbocycles. The Morgan fingerprint density at radius 1 is 1.09 bits per heavy atom. The first-order valence-electron chi connectivity index (χ1n) is 14.8. The number of carbonyl (C=O) groups excluding carboxylic acids is 1. The second-order valence-electron chi connectivity index (χ2n) is 11.3. The summed E-state index contributed by atoms with van der Waals surface area (Å²) in [6.45, 7) is 1.72. The highest BCUT2D eigenvalue weighted by atomic mass is 19.4. The highest BCUT2D eigenvalue weighted by Crippen LogP contribution is 2.44. The lowest BCUT2D eigenvalue weighted by molar-refractivity contribution is -0.137. The summed E-state index contributed by atoms with van der Waals surface area (Å²) in [6, 6.07) is 13.3. The highest BCUT2D eigenvalue weighted by molar-refractivity contribution is 6.00. The first kappa shape index (κ1) is 31.9. The Bertz CT molecular complexity index is 1960. The van der Waals surface area contributed by atoms with Crippen molar-refractivity contribution >= 4 is 22.8 Å². The summed E-state index contributed by atoms with van der Waals surface area (Å²) in [7, 11) is 1.23. The summed E-state index contributed by atoms with van der Waals surface area (Å²) in [5, 5.41) is 14.9. The maximum absolute atomic E-state index is 15.5. The molecule has 5 N–H and O–H groups in total. The number of anilines is 1. The zero-order valence-electron chi connectivity index (χ0n) is 25.3. The van der Waals surface area contributed by atoms with E-state index >= 15 is 4.39 Å². The predicted molar refractivity (Wildman–Crippen MR) is 167 cm³/mol. The number of hydrogen-bond donors (Lipinski definition) is 3. The van der Waals surface area contributed by atoms with Crippen LogP contribution < -0.4 is 16.2 Å². The zero-order valence-corrected chi connectivity index (χ0v) is 25.3. The van der Waals surface area contributed by atoms with E-state index in [-0.39, 0.29) is 29.8 Å². The van der Waals surface area contributed by atoms with Crippen molar-refractivity contribution in [1.29, 1.82) is 0 Å². The highest BCUT2D eigenvalue weighted by Gasteiger charge is 2.37. The van der Waals surface area contributed by atoms with Gasteiger partial charge in [-0.05, 0) is 61.3 Å². The maximum atomic E-state index is 15.5. The molecule has 1 atom stereocenters. The number of primary amides is 1. The maximum Gasteiger partial charge on any atom is 0.417 e. The molecule has 10 nitrogen and oxygen atoms in total. The molecule has 1 amide bonds. The standard InChI is InChI=1S/C33H31F4N7O3/c1-47-25-14-19(7-10-22(25)26-24(33(35,36)37)12-11-23(28(26)34)31(39)46)29-27-30(38)40-17-41-32(27)44(42-29)20-8-5-18(6-9-20)15-43-13-3-2-4-21(43)16-45/h5-12,14,17,21,45H,2-4,13,15-16H2,1H3,(H2,39,46)(H2,38,40,41). The lowest BCUT2D eigenvalue weighted by atomic mass is 9.93. The molecule has 3 aromatic carbocycles. The summed E-state index contributed by atoms with van der Waals surface area (Å²) < 4.78 is 64.5. The lowest BCUT2D eigenvalue weighted by Crippen LogP contribution is -2.41. The average Bonchev–Trinajstić information content (AvgIpc) is 3.45. The van der Waals surface area contributed by atoms with Gasteiger partial charge in [-0.1, -0.05) is 24.6 Å². The third-order valence-electron chi connectivity index (χ3n) is 8.48. The molecule has 0 aliphatic carbocycles. The number of nitrogens with two attached hydrogens (primary N) is 2. The van der Waals surface area contributed by atoms with Gasteiger partial charge in [-0.15, -0.1) is 0 Å². The number of benzene rings is 3. The largest absolute Gasteiger partial charge is 0.496 e. The number of methoxy groups -OCH3 is 1. The number of halogens is 4. The summed E-state index contributed by atoms with van der Waals surface area (Å²) in [5.74, 6) is -2.62. The van der Waals surface area contributed by atoms with Crippen molar-refractivity contribution in [2.75, 3.05) is 26.0 Å². The second kappa shape index (κ2) is 12.6. The Morgan fingerprint density at radius 2 is 1.85 bits per heavy atom. The van der Waals surface area contributed by atoms with Crippen LogP contribution in [-0.4, -0.2) is 62.0 Å². The molecule has 0 bridgehead atoms. The van der Waals surface area contributed by atoms with Crippen molar-refractivity contribution in [2.24, 2.45) is 5.73 Å². The number of ether oxygens (including phenoxy) is 1. The van der Waals surface area contributed by atoms with Crippen LogP contribution in [0.5, 0.6) is 5.75 Å². The smallest absolute Gasteiger partial charge is 0.417 e. The van der Waals surface area contributed by atoms with Crippen molar-refractivity contribution in [3.05, 3.63) is 83.4 Å². The van der Waals surface area contributed by atoms with Crippen molar-refractivity contribution in [3.63, 3.8) is 0 Å². The molecule has 2 aromatic heterocycles. The van der Waals surface area contributed by atoms with Crippen molar-refractivity contribution in [2.45, 2.75) is 38.0 Å². The Balaban J connectivity index is 1.42. The van der Waals surface area contributed by atoms with Crippen molar-refractivity contribution in [3.8, 4) is 33.8 Å². The Kier molecular flexibility index (Phi) is 8.55. The van der Waals surface area contributed by atoms with E-state index in [9.17, 15) is 23.1 Å². The number of aliphatic hydroxyl groups is 1. The van der Waals surface area contributed by atoms with Crippen molar-refractivity contribution < 1.29 is 32.2 Å². The average molecular weight is 650 g/mol. The number of likely N-dealkylation sites (tertiary alicyclic amines) is 1. The van der Waals surface area contributed by atoms with Gasteiger partial charge in [0, 0.05) is 29.3 Å². The summed E-state index contributed by atoms with van der Waals surface area (Å²) in [6.07, 6.45) is -0.497. The van der Waals surface area contributed by atoms with Crippen LogP contribution in [-0.2, 0) is 12.7 Å². The third kappa shape index (κ3) is 5.97. The molecule has 47 heavy (non-hydrogen) atoms. The molecular formula is C33H31F4N7O3. The van der Waals surface area contributed by atoms with Crippen molar-refractivity contribution in [1.82, 2.24) is 24.6 Å². The summed E-state index contributed by atoms with van der Waals surface area (Å²) in [5.41, 5.74) is 11.2. The molecule has 0 spiro atoms. The number of piperidine rings is 1. The van der Waals surface area contributed by atoms with Gasteiger partial charge >= 0.3 is 6.18 Å². The van der Waals surface area contributed by atoms with Gasteiger partial charge in [-0.25, -0.2) is 19.0 Å². The Morgan fingerprint density at radius 3 is 2.53 bits per heavy atom. The number of fused-ring (bicyclic) bond motifs is 1. The normalized spacial score (nSPS) is 15.7. The van der Waals surface area contributed by atoms with E-state index in [1.807, 2.05) is 24.3 Å². The van der Waals surface area contributed by atoms with E-state index in [4.69, 9.17) is 21.3 Å². The number of amides is 1. The Labute approximate surface area is 266 Å².